The second kappa shape index (κ2) is 16.8. The molecule has 3 heterocycles. The Morgan fingerprint density at radius 2 is 0.643 bits per heavy atom. The van der Waals surface area contributed by atoms with E-state index in [1.165, 1.54) is 22.3 Å². The lowest BCUT2D eigenvalue weighted by Gasteiger charge is -2.20. The minimum atomic E-state index is 0.588. The maximum absolute atomic E-state index is 11.4. The molecule has 12 aromatic rings. The second-order valence-corrected chi connectivity index (χ2v) is 19.2. The molecule has 0 amide bonds. The number of nitriles is 1. The van der Waals surface area contributed by atoms with Crippen LogP contribution in [0.5, 0.6) is 0 Å². The summed E-state index contributed by atoms with van der Waals surface area (Å²) in [5, 5.41) is 15.9. The summed E-state index contributed by atoms with van der Waals surface area (Å²) in [6, 6.07) is 73.8. The third-order valence-electron chi connectivity index (χ3n) is 14.0. The largest absolute Gasteiger partial charge is 0.307 e. The standard InChI is InChI=1S/C66H50N4/c1-40-11-7-15-46(27-40)50-19-23-56-57-24-20-51(47-16-8-12-41(2)28-47)34-62(57)69(61(56)33-50)65-37-55(39-67)60(54-31-44(5)68-45(6)32-54)38-66(65)70-63-35-52(48-17-9-13-42(3)29-48)21-25-58(63)59-26-22-53(36-64(59)70)49-18-10-14-43(4)30-49/h7-38H,1-6H3. The van der Waals surface area contributed by atoms with E-state index in [4.69, 9.17) is 4.98 Å². The van der Waals surface area contributed by atoms with E-state index < -0.39 is 0 Å². The topological polar surface area (TPSA) is 46.5 Å². The Kier molecular flexibility index (Phi) is 10.2. The van der Waals surface area contributed by atoms with E-state index >= 15 is 0 Å². The lowest BCUT2D eigenvalue weighted by Crippen LogP contribution is -2.06. The van der Waals surface area contributed by atoms with Gasteiger partial charge in [0.2, 0.25) is 0 Å². The van der Waals surface area contributed by atoms with Crippen LogP contribution in [-0.2, 0) is 0 Å². The van der Waals surface area contributed by atoms with Gasteiger partial charge in [-0.05, 0) is 140 Å². The fourth-order valence-electron chi connectivity index (χ4n) is 10.8. The van der Waals surface area contributed by atoms with Crippen LogP contribution in [-0.4, -0.2) is 14.1 Å². The van der Waals surface area contributed by atoms with Gasteiger partial charge in [0.25, 0.3) is 0 Å². The Labute approximate surface area is 409 Å². The van der Waals surface area contributed by atoms with Crippen LogP contribution >= 0.6 is 0 Å². The molecule has 0 N–H and O–H groups in total. The first-order valence-corrected chi connectivity index (χ1v) is 24.1. The van der Waals surface area contributed by atoms with E-state index in [9.17, 15) is 5.26 Å². The van der Waals surface area contributed by atoms with Crippen LogP contribution in [0.1, 0.15) is 39.2 Å². The Bertz CT molecular complexity index is 3930. The van der Waals surface area contributed by atoms with Gasteiger partial charge in [-0.15, -0.1) is 0 Å². The summed E-state index contributed by atoms with van der Waals surface area (Å²) in [5.74, 6) is 0. The molecule has 0 aliphatic heterocycles. The van der Waals surface area contributed by atoms with Gasteiger partial charge in [-0.25, -0.2) is 0 Å². The van der Waals surface area contributed by atoms with Gasteiger partial charge in [-0.3, -0.25) is 4.98 Å². The maximum Gasteiger partial charge on any atom is 0.0998 e. The van der Waals surface area contributed by atoms with Crippen LogP contribution in [0, 0.1) is 52.9 Å². The quantitative estimate of drug-likeness (QED) is 0.160. The van der Waals surface area contributed by atoms with Crippen molar-refractivity contribution < 1.29 is 0 Å². The minimum Gasteiger partial charge on any atom is -0.307 e. The van der Waals surface area contributed by atoms with Crippen LogP contribution in [0.25, 0.3) is 111 Å². The molecule has 0 spiro atoms. The molecule has 0 radical (unpaired) electrons. The smallest absolute Gasteiger partial charge is 0.0998 e. The van der Waals surface area contributed by atoms with Gasteiger partial charge in [0, 0.05) is 38.5 Å². The molecule has 70 heavy (non-hydrogen) atoms. The zero-order valence-corrected chi connectivity index (χ0v) is 40.3. The Morgan fingerprint density at radius 3 is 0.957 bits per heavy atom. The average Bonchev–Trinajstić information content (AvgIpc) is 3.86. The van der Waals surface area contributed by atoms with Crippen LogP contribution in [0.4, 0.5) is 0 Å². The molecule has 4 nitrogen and oxygen atoms in total. The van der Waals surface area contributed by atoms with Crippen molar-refractivity contribution in [3.8, 4) is 73.1 Å². The molecule has 0 bridgehead atoms. The third-order valence-corrected chi connectivity index (χ3v) is 14.0. The summed E-state index contributed by atoms with van der Waals surface area (Å²) in [6.07, 6.45) is 0. The van der Waals surface area contributed by atoms with E-state index in [2.05, 4.69) is 237 Å². The average molecular weight is 899 g/mol. The fourth-order valence-corrected chi connectivity index (χ4v) is 10.8. The van der Waals surface area contributed by atoms with Gasteiger partial charge in [-0.1, -0.05) is 168 Å². The molecule has 0 saturated heterocycles. The minimum absolute atomic E-state index is 0.588. The predicted octanol–water partition coefficient (Wildman–Crippen LogP) is 17.3. The summed E-state index contributed by atoms with van der Waals surface area (Å²) < 4.78 is 4.90. The Balaban J connectivity index is 1.26. The first-order chi connectivity index (χ1) is 34.1. The predicted molar refractivity (Wildman–Crippen MR) is 293 cm³/mol. The highest BCUT2D eigenvalue weighted by atomic mass is 15.1. The molecule has 3 aromatic heterocycles. The van der Waals surface area contributed by atoms with E-state index in [1.54, 1.807) is 0 Å². The highest BCUT2D eigenvalue weighted by molar-refractivity contribution is 6.14. The highest BCUT2D eigenvalue weighted by Crippen LogP contribution is 2.44. The normalized spacial score (nSPS) is 11.6. The molecule has 0 unspecified atom stereocenters. The fraction of sp³-hybridized carbons (Fsp3) is 0.0909. The molecule has 12 rings (SSSR count). The van der Waals surface area contributed by atoms with Crippen molar-refractivity contribution in [3.63, 3.8) is 0 Å². The molecule has 0 saturated carbocycles. The van der Waals surface area contributed by atoms with Crippen molar-refractivity contribution in [1.29, 1.82) is 5.26 Å². The SMILES string of the molecule is Cc1cccc(-c2ccc3c4ccc(-c5cccc(C)c5)cc4n(-c4cc(C#N)c(-c5cc(C)nc(C)c5)cc4-n4c5cc(-c6cccc(C)c6)ccc5c5ccc(-c6cccc(C)c6)cc54)c3c2)c1. The van der Waals surface area contributed by atoms with Crippen LogP contribution in [0.2, 0.25) is 0 Å². The highest BCUT2D eigenvalue weighted by Gasteiger charge is 2.24. The molecule has 4 heteroatoms. The number of rotatable bonds is 7. The molecule has 0 aliphatic rings. The number of fused-ring (bicyclic) bond motifs is 6. The van der Waals surface area contributed by atoms with E-state index in [0.29, 0.717) is 5.56 Å². The summed E-state index contributed by atoms with van der Waals surface area (Å²) in [5.41, 5.74) is 24.4. The van der Waals surface area contributed by atoms with Gasteiger partial charge in [0.05, 0.1) is 45.1 Å². The van der Waals surface area contributed by atoms with Gasteiger partial charge in [-0.2, -0.15) is 5.26 Å². The zero-order valence-electron chi connectivity index (χ0n) is 40.3. The monoisotopic (exact) mass is 898 g/mol. The van der Waals surface area contributed by atoms with Gasteiger partial charge < -0.3 is 9.13 Å². The number of nitrogens with zero attached hydrogens (tertiary/aromatic N) is 4. The van der Waals surface area contributed by atoms with Crippen LogP contribution in [0.15, 0.2) is 194 Å². The van der Waals surface area contributed by atoms with Gasteiger partial charge >= 0.3 is 0 Å². The third kappa shape index (κ3) is 7.35. The molecule has 9 aromatic carbocycles. The van der Waals surface area contributed by atoms with Crippen molar-refractivity contribution in [2.75, 3.05) is 0 Å². The number of hydrogen-bond donors (Lipinski definition) is 0. The van der Waals surface area contributed by atoms with Gasteiger partial charge in [0.15, 0.2) is 0 Å². The molecule has 0 atom stereocenters. The lowest BCUT2D eigenvalue weighted by molar-refractivity contribution is 1.09. The number of benzene rings is 9. The van der Waals surface area contributed by atoms with E-state index in [-0.39, 0.29) is 0 Å². The summed E-state index contributed by atoms with van der Waals surface area (Å²) in [6.45, 7) is 12.7. The molecule has 0 aliphatic carbocycles. The molecular weight excluding hydrogens is 849 g/mol. The first kappa shape index (κ1) is 42.6. The lowest BCUT2D eigenvalue weighted by atomic mass is 9.97. The zero-order chi connectivity index (χ0) is 47.8. The van der Waals surface area contributed by atoms with E-state index in [0.717, 1.165) is 122 Å². The second-order valence-electron chi connectivity index (χ2n) is 19.2. The van der Waals surface area contributed by atoms with E-state index in [1.807, 2.05) is 13.8 Å². The molecule has 334 valence electrons. The molecule has 0 fully saturated rings. The number of aromatic nitrogens is 3. The Morgan fingerprint density at radius 1 is 0.329 bits per heavy atom. The van der Waals surface area contributed by atoms with Crippen LogP contribution < -0.4 is 0 Å². The van der Waals surface area contributed by atoms with Gasteiger partial charge in [0.1, 0.15) is 0 Å². The Hall–Kier alpha value is -8.78. The number of hydrogen-bond acceptors (Lipinski definition) is 2. The van der Waals surface area contributed by atoms with Crippen molar-refractivity contribution in [2.24, 2.45) is 0 Å². The summed E-state index contributed by atoms with van der Waals surface area (Å²) in [4.78, 5) is 4.77. The summed E-state index contributed by atoms with van der Waals surface area (Å²) >= 11 is 0. The first-order valence-electron chi connectivity index (χ1n) is 24.1. The number of aryl methyl sites for hydroxylation is 6. The van der Waals surface area contributed by atoms with Crippen molar-refractivity contribution in [1.82, 2.24) is 14.1 Å². The number of pyridine rings is 1. The molecular formula is C66H50N4. The summed E-state index contributed by atoms with van der Waals surface area (Å²) in [7, 11) is 0. The maximum atomic E-state index is 11.4. The van der Waals surface area contributed by atoms with Crippen molar-refractivity contribution in [3.05, 3.63) is 233 Å². The van der Waals surface area contributed by atoms with Crippen molar-refractivity contribution in [2.45, 2.75) is 41.5 Å². The van der Waals surface area contributed by atoms with Crippen molar-refractivity contribution >= 4 is 43.6 Å². The van der Waals surface area contributed by atoms with Crippen LogP contribution in [0.3, 0.4) is 0 Å².